The number of rotatable bonds is 8. The van der Waals surface area contributed by atoms with E-state index in [-0.39, 0.29) is 16.6 Å². The third kappa shape index (κ3) is 6.42. The molecule has 0 aliphatic heterocycles. The van der Waals surface area contributed by atoms with Gasteiger partial charge in [0, 0.05) is 6.07 Å². The molecule has 0 aliphatic carbocycles. The fraction of sp³-hybridized carbons (Fsp3) is 0.500. The highest BCUT2D eigenvalue weighted by molar-refractivity contribution is 8.00. The molecule has 2 amide bonds. The van der Waals surface area contributed by atoms with Crippen molar-refractivity contribution in [3.05, 3.63) is 33.9 Å². The number of nitro benzene ring substituents is 1. The fourth-order valence-electron chi connectivity index (χ4n) is 2.48. The van der Waals surface area contributed by atoms with Gasteiger partial charge in [-0.2, -0.15) is 13.2 Å². The molecule has 0 heterocycles. The average Bonchev–Trinajstić information content (AvgIpc) is 2.50. The molecule has 11 heteroatoms. The summed E-state index contributed by atoms with van der Waals surface area (Å²) in [5.74, 6) is -1.61. The maximum Gasteiger partial charge on any atom is 0.416 e. The highest BCUT2D eigenvalue weighted by atomic mass is 32.2. The number of nitrogens with two attached hydrogens (primary N) is 1. The third-order valence-corrected chi connectivity index (χ3v) is 4.68. The SMILES string of the molecule is CC(C)CC(C)(NC(=O)CSc1ccc(C(F)(F)F)cc1[N+](=O)[O-])C(N)=O. The second kappa shape index (κ2) is 8.59. The van der Waals surface area contributed by atoms with Gasteiger partial charge in [0.1, 0.15) is 5.54 Å². The number of hydrogen-bond acceptors (Lipinski definition) is 5. The van der Waals surface area contributed by atoms with Gasteiger partial charge < -0.3 is 11.1 Å². The normalized spacial score (nSPS) is 13.9. The zero-order valence-corrected chi connectivity index (χ0v) is 15.7. The molecule has 0 fully saturated rings. The minimum absolute atomic E-state index is 0.0615. The van der Waals surface area contributed by atoms with Crippen molar-refractivity contribution < 1.29 is 27.7 Å². The highest BCUT2D eigenvalue weighted by Gasteiger charge is 2.35. The number of primary amides is 1. The lowest BCUT2D eigenvalue weighted by Crippen LogP contribution is -2.56. The van der Waals surface area contributed by atoms with E-state index in [0.717, 1.165) is 6.07 Å². The number of alkyl halides is 3. The van der Waals surface area contributed by atoms with Crippen molar-refractivity contribution in [3.8, 4) is 0 Å². The summed E-state index contributed by atoms with van der Waals surface area (Å²) < 4.78 is 38.1. The van der Waals surface area contributed by atoms with Gasteiger partial charge in [-0.3, -0.25) is 19.7 Å². The van der Waals surface area contributed by atoms with Gasteiger partial charge in [-0.15, -0.1) is 11.8 Å². The lowest BCUT2D eigenvalue weighted by molar-refractivity contribution is -0.388. The predicted octanol–water partition coefficient (Wildman–Crippen LogP) is 3.11. The van der Waals surface area contributed by atoms with Crippen LogP contribution in [-0.2, 0) is 15.8 Å². The smallest absolute Gasteiger partial charge is 0.368 e. The number of thioether (sulfide) groups is 1. The van der Waals surface area contributed by atoms with Crippen LogP contribution in [0.25, 0.3) is 0 Å². The number of hydrogen-bond donors (Lipinski definition) is 2. The van der Waals surface area contributed by atoms with E-state index in [1.165, 1.54) is 6.92 Å². The van der Waals surface area contributed by atoms with Crippen LogP contribution in [0.1, 0.15) is 32.8 Å². The molecule has 0 bridgehead atoms. The zero-order valence-electron chi connectivity index (χ0n) is 14.9. The number of nitrogens with one attached hydrogen (secondary N) is 1. The molecule has 0 spiro atoms. The summed E-state index contributed by atoms with van der Waals surface area (Å²) in [6.07, 6.45) is -4.43. The number of amides is 2. The van der Waals surface area contributed by atoms with Gasteiger partial charge in [0.05, 0.1) is 21.1 Å². The van der Waals surface area contributed by atoms with E-state index in [2.05, 4.69) is 5.32 Å². The largest absolute Gasteiger partial charge is 0.416 e. The van der Waals surface area contributed by atoms with Gasteiger partial charge in [0.25, 0.3) is 5.69 Å². The summed E-state index contributed by atoms with van der Waals surface area (Å²) in [4.78, 5) is 33.8. The third-order valence-electron chi connectivity index (χ3n) is 3.62. The molecular weight excluding hydrogens is 387 g/mol. The van der Waals surface area contributed by atoms with Crippen molar-refractivity contribution in [2.45, 2.75) is 43.8 Å². The maximum atomic E-state index is 12.7. The van der Waals surface area contributed by atoms with E-state index in [4.69, 9.17) is 5.73 Å². The minimum atomic E-state index is -4.72. The Balaban J connectivity index is 2.92. The van der Waals surface area contributed by atoms with E-state index in [9.17, 15) is 32.9 Å². The molecule has 1 aromatic rings. The van der Waals surface area contributed by atoms with Crippen LogP contribution in [0, 0.1) is 16.0 Å². The first-order chi connectivity index (χ1) is 12.3. The molecule has 150 valence electrons. The Morgan fingerprint density at radius 3 is 2.37 bits per heavy atom. The molecule has 3 N–H and O–H groups in total. The lowest BCUT2D eigenvalue weighted by atomic mass is 9.90. The van der Waals surface area contributed by atoms with Gasteiger partial charge in [-0.25, -0.2) is 0 Å². The second-order valence-electron chi connectivity index (χ2n) is 6.57. The summed E-state index contributed by atoms with van der Waals surface area (Å²) in [6, 6.07) is 2.08. The summed E-state index contributed by atoms with van der Waals surface area (Å²) >= 11 is 0.701. The molecule has 27 heavy (non-hydrogen) atoms. The van der Waals surface area contributed by atoms with E-state index >= 15 is 0 Å². The van der Waals surface area contributed by atoms with Crippen molar-refractivity contribution in [1.82, 2.24) is 5.32 Å². The van der Waals surface area contributed by atoms with Gasteiger partial charge in [0.15, 0.2) is 0 Å². The molecule has 0 aromatic heterocycles. The number of benzene rings is 1. The number of nitro groups is 1. The van der Waals surface area contributed by atoms with E-state index < -0.39 is 39.7 Å². The lowest BCUT2D eigenvalue weighted by Gasteiger charge is -2.29. The summed E-state index contributed by atoms with van der Waals surface area (Å²) in [5, 5.41) is 13.5. The van der Waals surface area contributed by atoms with Crippen LogP contribution in [0.15, 0.2) is 23.1 Å². The molecular formula is C16H20F3N3O4S. The van der Waals surface area contributed by atoms with Crippen LogP contribution < -0.4 is 11.1 Å². The molecule has 0 aliphatic rings. The topological polar surface area (TPSA) is 115 Å². The summed E-state index contributed by atoms with van der Waals surface area (Å²) in [5.41, 5.74) is 2.15. The monoisotopic (exact) mass is 407 g/mol. The van der Waals surface area contributed by atoms with Crippen LogP contribution in [0.5, 0.6) is 0 Å². The Bertz CT molecular complexity index is 740. The van der Waals surface area contributed by atoms with Gasteiger partial charge in [0.2, 0.25) is 11.8 Å². The van der Waals surface area contributed by atoms with Crippen LogP contribution in [-0.4, -0.2) is 28.0 Å². The van der Waals surface area contributed by atoms with Gasteiger partial charge in [-0.05, 0) is 31.4 Å². The zero-order chi connectivity index (χ0) is 21.0. The van der Waals surface area contributed by atoms with Crippen molar-refractivity contribution >= 4 is 29.3 Å². The Morgan fingerprint density at radius 2 is 1.93 bits per heavy atom. The molecule has 0 saturated carbocycles. The Labute approximate surface area is 158 Å². The van der Waals surface area contributed by atoms with Crippen LogP contribution in [0.2, 0.25) is 0 Å². The van der Waals surface area contributed by atoms with Gasteiger partial charge in [-0.1, -0.05) is 13.8 Å². The Kier molecular flexibility index (Phi) is 7.24. The van der Waals surface area contributed by atoms with E-state index in [1.807, 2.05) is 13.8 Å². The number of carbonyl (C=O) groups is 2. The first-order valence-corrected chi connectivity index (χ1v) is 8.84. The molecule has 0 radical (unpaired) electrons. The average molecular weight is 407 g/mol. The van der Waals surface area contributed by atoms with E-state index in [1.54, 1.807) is 0 Å². The van der Waals surface area contributed by atoms with Crippen LogP contribution in [0.3, 0.4) is 0 Å². The number of nitrogens with zero attached hydrogens (tertiary/aromatic N) is 1. The van der Waals surface area contributed by atoms with Crippen molar-refractivity contribution in [3.63, 3.8) is 0 Å². The first-order valence-electron chi connectivity index (χ1n) is 7.85. The molecule has 1 atom stereocenters. The second-order valence-corrected chi connectivity index (χ2v) is 7.59. The van der Waals surface area contributed by atoms with Crippen molar-refractivity contribution in [2.75, 3.05) is 5.75 Å². The van der Waals surface area contributed by atoms with Crippen molar-refractivity contribution in [1.29, 1.82) is 0 Å². The number of carbonyl (C=O) groups excluding carboxylic acids is 2. The molecule has 0 saturated heterocycles. The van der Waals surface area contributed by atoms with Crippen molar-refractivity contribution in [2.24, 2.45) is 11.7 Å². The van der Waals surface area contributed by atoms with E-state index in [0.29, 0.717) is 30.3 Å². The molecule has 7 nitrogen and oxygen atoms in total. The first kappa shape index (κ1) is 22.7. The molecule has 1 aromatic carbocycles. The molecule has 1 rings (SSSR count). The van der Waals surface area contributed by atoms with Gasteiger partial charge >= 0.3 is 6.18 Å². The minimum Gasteiger partial charge on any atom is -0.368 e. The molecule has 1 unspecified atom stereocenters. The highest BCUT2D eigenvalue weighted by Crippen LogP contribution is 2.36. The Morgan fingerprint density at radius 1 is 1.33 bits per heavy atom. The Hall–Kier alpha value is -2.30. The summed E-state index contributed by atoms with van der Waals surface area (Å²) in [6.45, 7) is 5.15. The van der Waals surface area contributed by atoms with Crippen LogP contribution >= 0.6 is 11.8 Å². The maximum absolute atomic E-state index is 12.7. The van der Waals surface area contributed by atoms with Crippen LogP contribution in [0.4, 0.5) is 18.9 Å². The number of halogens is 3. The summed E-state index contributed by atoms with van der Waals surface area (Å²) in [7, 11) is 0. The fourth-order valence-corrected chi connectivity index (χ4v) is 3.28. The quantitative estimate of drug-likeness (QED) is 0.390. The predicted molar refractivity (Wildman–Crippen MR) is 94.0 cm³/mol. The standard InChI is InChI=1S/C16H20F3N3O4S/c1-9(2)7-15(3,14(20)24)21-13(23)8-27-12-5-4-10(16(17,18)19)6-11(12)22(25)26/h4-6,9H,7-8H2,1-3H3,(H2,20,24)(H,21,23).